The highest BCUT2D eigenvalue weighted by Gasteiger charge is 2.30. The van der Waals surface area contributed by atoms with Gasteiger partial charge in [-0.2, -0.15) is 0 Å². The molecule has 0 radical (unpaired) electrons. The third-order valence-electron chi connectivity index (χ3n) is 4.16. The first-order chi connectivity index (χ1) is 9.06. The van der Waals surface area contributed by atoms with Gasteiger partial charge in [-0.05, 0) is 25.7 Å². The lowest BCUT2D eigenvalue weighted by atomic mass is 9.85. The maximum atomic E-state index is 12.3. The van der Waals surface area contributed by atoms with Crippen molar-refractivity contribution in [1.82, 2.24) is 9.80 Å². The molecule has 0 spiro atoms. The average Bonchev–Trinajstić information content (AvgIpc) is 2.39. The largest absolute Gasteiger partial charge is 0.480 e. The van der Waals surface area contributed by atoms with Gasteiger partial charge in [0.1, 0.15) is 0 Å². The molecule has 1 heterocycles. The minimum Gasteiger partial charge on any atom is -0.480 e. The smallest absolute Gasteiger partial charge is 0.317 e. The molecule has 1 amide bonds. The van der Waals surface area contributed by atoms with E-state index in [2.05, 4.69) is 0 Å². The van der Waals surface area contributed by atoms with Crippen molar-refractivity contribution in [2.24, 2.45) is 11.7 Å². The Morgan fingerprint density at radius 3 is 2.16 bits per heavy atom. The number of carbonyl (C=O) groups is 2. The Hall–Kier alpha value is -1.14. The number of hydrogen-bond donors (Lipinski definition) is 2. The van der Waals surface area contributed by atoms with Crippen molar-refractivity contribution in [2.75, 3.05) is 32.7 Å². The molecule has 19 heavy (non-hydrogen) atoms. The Kier molecular flexibility index (Phi) is 4.76. The standard InChI is InChI=1S/C13H23N3O3/c14-11-3-1-10(2-4-11)13(19)16-7-5-15(6-8-16)9-12(17)18/h10-11H,1-9,14H2,(H,17,18). The zero-order chi connectivity index (χ0) is 13.8. The maximum Gasteiger partial charge on any atom is 0.317 e. The number of rotatable bonds is 3. The van der Waals surface area contributed by atoms with E-state index in [-0.39, 0.29) is 24.4 Å². The summed E-state index contributed by atoms with van der Waals surface area (Å²) in [5, 5.41) is 8.74. The fourth-order valence-corrected chi connectivity index (χ4v) is 2.94. The van der Waals surface area contributed by atoms with E-state index in [4.69, 9.17) is 10.8 Å². The minimum absolute atomic E-state index is 0.0698. The first-order valence-corrected chi connectivity index (χ1v) is 7.05. The van der Waals surface area contributed by atoms with Gasteiger partial charge in [0.2, 0.25) is 5.91 Å². The summed E-state index contributed by atoms with van der Waals surface area (Å²) in [6, 6.07) is 0.261. The van der Waals surface area contributed by atoms with Crippen molar-refractivity contribution in [3.8, 4) is 0 Å². The molecule has 6 nitrogen and oxygen atoms in total. The van der Waals surface area contributed by atoms with Gasteiger partial charge >= 0.3 is 5.97 Å². The van der Waals surface area contributed by atoms with Crippen LogP contribution in [0.1, 0.15) is 25.7 Å². The number of piperazine rings is 1. The maximum absolute atomic E-state index is 12.3. The van der Waals surface area contributed by atoms with Crippen molar-refractivity contribution < 1.29 is 14.7 Å². The SMILES string of the molecule is NC1CCC(C(=O)N2CCN(CC(=O)O)CC2)CC1. The van der Waals surface area contributed by atoms with Crippen LogP contribution in [-0.4, -0.2) is 65.5 Å². The molecular weight excluding hydrogens is 246 g/mol. The molecule has 1 saturated carbocycles. The number of carboxylic acid groups (broad SMARTS) is 1. The van der Waals surface area contributed by atoms with Crippen LogP contribution in [0, 0.1) is 5.92 Å². The number of amides is 1. The Morgan fingerprint density at radius 1 is 1.05 bits per heavy atom. The third kappa shape index (κ3) is 3.91. The number of hydrogen-bond acceptors (Lipinski definition) is 4. The summed E-state index contributed by atoms with van der Waals surface area (Å²) >= 11 is 0. The van der Waals surface area contributed by atoms with Gasteiger partial charge in [0, 0.05) is 38.1 Å². The van der Waals surface area contributed by atoms with Gasteiger partial charge in [0.15, 0.2) is 0 Å². The molecule has 0 aromatic rings. The first-order valence-electron chi connectivity index (χ1n) is 7.05. The van der Waals surface area contributed by atoms with Crippen molar-refractivity contribution in [1.29, 1.82) is 0 Å². The fourth-order valence-electron chi connectivity index (χ4n) is 2.94. The lowest BCUT2D eigenvalue weighted by molar-refractivity contribution is -0.140. The van der Waals surface area contributed by atoms with Crippen LogP contribution in [0.2, 0.25) is 0 Å². The Balaban J connectivity index is 1.77. The highest BCUT2D eigenvalue weighted by atomic mass is 16.4. The zero-order valence-electron chi connectivity index (χ0n) is 11.3. The molecule has 3 N–H and O–H groups in total. The van der Waals surface area contributed by atoms with Crippen molar-refractivity contribution in [3.63, 3.8) is 0 Å². The summed E-state index contributed by atoms with van der Waals surface area (Å²) in [6.07, 6.45) is 3.68. The molecule has 0 unspecified atom stereocenters. The van der Waals surface area contributed by atoms with E-state index in [1.165, 1.54) is 0 Å². The highest BCUT2D eigenvalue weighted by molar-refractivity contribution is 5.79. The summed E-state index contributed by atoms with van der Waals surface area (Å²) in [7, 11) is 0. The van der Waals surface area contributed by atoms with Gasteiger partial charge in [0.25, 0.3) is 0 Å². The average molecular weight is 269 g/mol. The van der Waals surface area contributed by atoms with E-state index >= 15 is 0 Å². The summed E-state index contributed by atoms with van der Waals surface area (Å²) in [4.78, 5) is 26.7. The Bertz CT molecular complexity index is 332. The predicted octanol–water partition coefficient (Wildman–Crippen LogP) is -0.267. The highest BCUT2D eigenvalue weighted by Crippen LogP contribution is 2.25. The molecule has 2 fully saturated rings. The Labute approximate surface area is 113 Å². The molecule has 108 valence electrons. The summed E-state index contributed by atoms with van der Waals surface area (Å²) in [5.41, 5.74) is 5.85. The van der Waals surface area contributed by atoms with Gasteiger partial charge in [-0.15, -0.1) is 0 Å². The zero-order valence-corrected chi connectivity index (χ0v) is 11.3. The fraction of sp³-hybridized carbons (Fsp3) is 0.846. The second kappa shape index (κ2) is 6.34. The molecule has 1 aliphatic heterocycles. The molecule has 2 aliphatic rings. The van der Waals surface area contributed by atoms with Crippen LogP contribution >= 0.6 is 0 Å². The van der Waals surface area contributed by atoms with Gasteiger partial charge in [-0.25, -0.2) is 0 Å². The Morgan fingerprint density at radius 2 is 1.63 bits per heavy atom. The van der Waals surface area contributed by atoms with Crippen LogP contribution in [0.25, 0.3) is 0 Å². The van der Waals surface area contributed by atoms with Crippen molar-refractivity contribution >= 4 is 11.9 Å². The summed E-state index contributed by atoms with van der Waals surface area (Å²) < 4.78 is 0. The molecule has 0 atom stereocenters. The third-order valence-corrected chi connectivity index (χ3v) is 4.16. The lowest BCUT2D eigenvalue weighted by Gasteiger charge is -2.37. The van der Waals surface area contributed by atoms with Gasteiger partial charge < -0.3 is 15.7 Å². The summed E-state index contributed by atoms with van der Waals surface area (Å²) in [5.74, 6) is -0.436. The van der Waals surface area contributed by atoms with E-state index in [1.807, 2.05) is 9.80 Å². The number of carboxylic acids is 1. The normalized spacial score (nSPS) is 29.2. The van der Waals surface area contributed by atoms with E-state index in [9.17, 15) is 9.59 Å². The first kappa shape index (κ1) is 14.3. The van der Waals surface area contributed by atoms with Crippen LogP contribution in [-0.2, 0) is 9.59 Å². The molecule has 2 rings (SSSR count). The molecular formula is C13H23N3O3. The molecule has 0 aromatic heterocycles. The number of nitrogens with zero attached hydrogens (tertiary/aromatic N) is 2. The quantitative estimate of drug-likeness (QED) is 0.736. The monoisotopic (exact) mass is 269 g/mol. The van der Waals surface area contributed by atoms with Crippen LogP contribution in [0.5, 0.6) is 0 Å². The van der Waals surface area contributed by atoms with E-state index in [0.717, 1.165) is 25.7 Å². The van der Waals surface area contributed by atoms with Crippen LogP contribution in [0.15, 0.2) is 0 Å². The van der Waals surface area contributed by atoms with Gasteiger partial charge in [-0.3, -0.25) is 14.5 Å². The van der Waals surface area contributed by atoms with Crippen molar-refractivity contribution in [2.45, 2.75) is 31.7 Å². The molecule has 1 aliphatic carbocycles. The van der Waals surface area contributed by atoms with E-state index in [0.29, 0.717) is 26.2 Å². The number of carbonyl (C=O) groups excluding carboxylic acids is 1. The van der Waals surface area contributed by atoms with E-state index in [1.54, 1.807) is 0 Å². The number of nitrogens with two attached hydrogens (primary N) is 1. The molecule has 6 heteroatoms. The second-order valence-electron chi connectivity index (χ2n) is 5.61. The predicted molar refractivity (Wildman–Crippen MR) is 70.6 cm³/mol. The van der Waals surface area contributed by atoms with E-state index < -0.39 is 5.97 Å². The molecule has 0 bridgehead atoms. The topological polar surface area (TPSA) is 86.9 Å². The van der Waals surface area contributed by atoms with Crippen molar-refractivity contribution in [3.05, 3.63) is 0 Å². The second-order valence-corrected chi connectivity index (χ2v) is 5.61. The summed E-state index contributed by atoms with van der Waals surface area (Å²) in [6.45, 7) is 2.68. The minimum atomic E-state index is -0.805. The van der Waals surface area contributed by atoms with Gasteiger partial charge in [-0.1, -0.05) is 0 Å². The number of aliphatic carboxylic acids is 1. The van der Waals surface area contributed by atoms with Crippen LogP contribution < -0.4 is 5.73 Å². The van der Waals surface area contributed by atoms with Crippen LogP contribution in [0.3, 0.4) is 0 Å². The lowest BCUT2D eigenvalue weighted by Crippen LogP contribution is -2.51. The molecule has 1 saturated heterocycles. The molecule has 0 aromatic carbocycles. The van der Waals surface area contributed by atoms with Crippen LogP contribution in [0.4, 0.5) is 0 Å². The van der Waals surface area contributed by atoms with Gasteiger partial charge in [0.05, 0.1) is 6.54 Å².